The standard InChI is InChI=1S/C10H14N6O7/c1-14(5-7(20)16(3-18)10(23)13-5)8(21)11-4-6(19)15(2-17)9(22)12-4/h4-5,17-18H,2-3H2,1H3,(H,11,21)(H,12,22)(H,13,23). The average molecular weight is 330 g/mol. The molecular weight excluding hydrogens is 316 g/mol. The number of hydrogen-bond acceptors (Lipinski definition) is 7. The van der Waals surface area contributed by atoms with E-state index in [0.29, 0.717) is 9.80 Å². The Morgan fingerprint density at radius 3 is 2.09 bits per heavy atom. The molecule has 13 heteroatoms. The molecule has 2 aliphatic heterocycles. The van der Waals surface area contributed by atoms with Gasteiger partial charge in [-0.3, -0.25) is 14.5 Å². The number of aliphatic hydroxyl groups excluding tert-OH is 2. The quantitative estimate of drug-likeness (QED) is 0.330. The summed E-state index contributed by atoms with van der Waals surface area (Å²) in [5.41, 5.74) is 0. The molecule has 0 bridgehead atoms. The summed E-state index contributed by atoms with van der Waals surface area (Å²) in [5.74, 6) is -1.73. The van der Waals surface area contributed by atoms with E-state index in [-0.39, 0.29) is 0 Å². The normalized spacial score (nSPS) is 24.0. The van der Waals surface area contributed by atoms with E-state index >= 15 is 0 Å². The maximum absolute atomic E-state index is 12.0. The molecule has 5 N–H and O–H groups in total. The Morgan fingerprint density at radius 1 is 1.09 bits per heavy atom. The van der Waals surface area contributed by atoms with Crippen LogP contribution in [0.1, 0.15) is 0 Å². The molecule has 2 heterocycles. The number of imide groups is 2. The van der Waals surface area contributed by atoms with E-state index in [1.807, 2.05) is 0 Å². The molecule has 0 radical (unpaired) electrons. The summed E-state index contributed by atoms with van der Waals surface area (Å²) < 4.78 is 0. The molecule has 0 aromatic heterocycles. The first-order valence-electron chi connectivity index (χ1n) is 6.30. The van der Waals surface area contributed by atoms with Crippen molar-refractivity contribution < 1.29 is 34.2 Å². The molecule has 2 fully saturated rings. The minimum atomic E-state index is -1.41. The number of rotatable bonds is 4. The second-order valence-corrected chi connectivity index (χ2v) is 4.61. The lowest BCUT2D eigenvalue weighted by Gasteiger charge is -2.24. The Labute approximate surface area is 128 Å². The molecule has 0 aromatic carbocycles. The van der Waals surface area contributed by atoms with Crippen LogP contribution in [-0.4, -0.2) is 87.7 Å². The van der Waals surface area contributed by atoms with Crippen LogP contribution >= 0.6 is 0 Å². The zero-order valence-corrected chi connectivity index (χ0v) is 11.8. The van der Waals surface area contributed by atoms with Crippen molar-refractivity contribution in [2.45, 2.75) is 12.3 Å². The number of hydrogen-bond donors (Lipinski definition) is 5. The van der Waals surface area contributed by atoms with Gasteiger partial charge in [0.25, 0.3) is 11.8 Å². The van der Waals surface area contributed by atoms with E-state index in [4.69, 9.17) is 10.2 Å². The molecule has 2 atom stereocenters. The first-order valence-corrected chi connectivity index (χ1v) is 6.30. The van der Waals surface area contributed by atoms with Crippen LogP contribution in [-0.2, 0) is 9.59 Å². The number of aliphatic hydroxyl groups is 2. The van der Waals surface area contributed by atoms with Gasteiger partial charge in [0.1, 0.15) is 13.5 Å². The summed E-state index contributed by atoms with van der Waals surface area (Å²) in [6, 6.07) is -2.71. The Balaban J connectivity index is 2.02. The van der Waals surface area contributed by atoms with Gasteiger partial charge in [0.05, 0.1) is 0 Å². The first kappa shape index (κ1) is 16.4. The minimum Gasteiger partial charge on any atom is -0.376 e. The predicted octanol–water partition coefficient (Wildman–Crippen LogP) is -3.72. The van der Waals surface area contributed by atoms with Gasteiger partial charge in [-0.25, -0.2) is 24.2 Å². The van der Waals surface area contributed by atoms with Crippen LogP contribution in [0.4, 0.5) is 14.4 Å². The van der Waals surface area contributed by atoms with Crippen molar-refractivity contribution in [3.05, 3.63) is 0 Å². The average Bonchev–Trinajstić information content (AvgIpc) is 2.94. The predicted molar refractivity (Wildman–Crippen MR) is 68.8 cm³/mol. The van der Waals surface area contributed by atoms with E-state index in [9.17, 15) is 24.0 Å². The van der Waals surface area contributed by atoms with Crippen molar-refractivity contribution in [3.63, 3.8) is 0 Å². The Morgan fingerprint density at radius 2 is 1.61 bits per heavy atom. The molecular formula is C10H14N6O7. The second kappa shape index (κ2) is 6.05. The SMILES string of the molecule is CN(C(=O)NC1NC(=O)N(CO)C1=O)C1NC(=O)N(CO)C1=O. The van der Waals surface area contributed by atoms with Crippen LogP contribution in [0.15, 0.2) is 0 Å². The smallest absolute Gasteiger partial charge is 0.328 e. The van der Waals surface area contributed by atoms with Crippen molar-refractivity contribution in [2.24, 2.45) is 0 Å². The van der Waals surface area contributed by atoms with E-state index in [1.165, 1.54) is 7.05 Å². The highest BCUT2D eigenvalue weighted by Gasteiger charge is 2.44. The van der Waals surface area contributed by atoms with E-state index < -0.39 is 55.7 Å². The topological polar surface area (TPSA) is 172 Å². The fourth-order valence-corrected chi connectivity index (χ4v) is 1.99. The number of urea groups is 3. The highest BCUT2D eigenvalue weighted by Crippen LogP contribution is 2.09. The summed E-state index contributed by atoms with van der Waals surface area (Å²) >= 11 is 0. The van der Waals surface area contributed by atoms with E-state index in [2.05, 4.69) is 16.0 Å². The van der Waals surface area contributed by atoms with E-state index in [1.54, 1.807) is 0 Å². The third-order valence-electron chi connectivity index (χ3n) is 3.29. The van der Waals surface area contributed by atoms with Crippen molar-refractivity contribution in [1.29, 1.82) is 0 Å². The summed E-state index contributed by atoms with van der Waals surface area (Å²) in [5, 5.41) is 24.2. The Hall–Kier alpha value is -2.93. The minimum absolute atomic E-state index is 0.473. The Kier molecular flexibility index (Phi) is 4.33. The van der Waals surface area contributed by atoms with Crippen molar-refractivity contribution >= 4 is 29.9 Å². The number of carbonyl (C=O) groups excluding carboxylic acids is 5. The van der Waals surface area contributed by atoms with Gasteiger partial charge >= 0.3 is 18.1 Å². The van der Waals surface area contributed by atoms with Gasteiger partial charge in [-0.1, -0.05) is 0 Å². The van der Waals surface area contributed by atoms with Crippen molar-refractivity contribution in [2.75, 3.05) is 20.5 Å². The summed E-state index contributed by atoms with van der Waals surface area (Å²) in [4.78, 5) is 60.1. The summed E-state index contributed by atoms with van der Waals surface area (Å²) in [6.07, 6.45) is -2.78. The highest BCUT2D eigenvalue weighted by atomic mass is 16.3. The van der Waals surface area contributed by atoms with Crippen LogP contribution in [0.3, 0.4) is 0 Å². The number of carbonyl (C=O) groups is 5. The molecule has 0 saturated carbocycles. The maximum Gasteiger partial charge on any atom is 0.328 e. The first-order chi connectivity index (χ1) is 10.8. The van der Waals surface area contributed by atoms with Gasteiger partial charge in [-0.15, -0.1) is 0 Å². The number of likely N-dealkylation sites (N-methyl/N-ethyl adjacent to an activating group) is 1. The van der Waals surface area contributed by atoms with Gasteiger partial charge in [-0.05, 0) is 0 Å². The zero-order chi connectivity index (χ0) is 17.3. The fourth-order valence-electron chi connectivity index (χ4n) is 1.99. The van der Waals surface area contributed by atoms with Crippen LogP contribution in [0.25, 0.3) is 0 Å². The van der Waals surface area contributed by atoms with Gasteiger partial charge in [0.15, 0.2) is 12.3 Å². The molecule has 2 saturated heterocycles. The molecule has 2 unspecified atom stereocenters. The van der Waals surface area contributed by atoms with Gasteiger partial charge in [0, 0.05) is 7.05 Å². The van der Waals surface area contributed by atoms with Crippen LogP contribution in [0, 0.1) is 0 Å². The zero-order valence-electron chi connectivity index (χ0n) is 11.8. The number of nitrogens with one attached hydrogen (secondary N) is 3. The third-order valence-corrected chi connectivity index (χ3v) is 3.29. The lowest BCUT2D eigenvalue weighted by Crippen LogP contribution is -2.56. The molecule has 0 spiro atoms. The van der Waals surface area contributed by atoms with Gasteiger partial charge < -0.3 is 26.2 Å². The van der Waals surface area contributed by atoms with Crippen LogP contribution in [0.5, 0.6) is 0 Å². The molecule has 2 rings (SSSR count). The molecule has 13 nitrogen and oxygen atoms in total. The molecule has 126 valence electrons. The third kappa shape index (κ3) is 2.74. The van der Waals surface area contributed by atoms with Crippen LogP contribution < -0.4 is 16.0 Å². The number of nitrogens with zero attached hydrogens (tertiary/aromatic N) is 3. The second-order valence-electron chi connectivity index (χ2n) is 4.61. The molecule has 23 heavy (non-hydrogen) atoms. The largest absolute Gasteiger partial charge is 0.376 e. The van der Waals surface area contributed by atoms with Gasteiger partial charge in [-0.2, -0.15) is 0 Å². The lowest BCUT2D eigenvalue weighted by molar-refractivity contribution is -0.132. The Bertz CT molecular complexity index is 580. The fraction of sp³-hybridized carbons (Fsp3) is 0.500. The lowest BCUT2D eigenvalue weighted by atomic mass is 10.4. The monoisotopic (exact) mass is 330 g/mol. The van der Waals surface area contributed by atoms with E-state index in [0.717, 1.165) is 4.90 Å². The highest BCUT2D eigenvalue weighted by molar-refractivity contribution is 6.06. The van der Waals surface area contributed by atoms with Crippen molar-refractivity contribution in [3.8, 4) is 0 Å². The molecule has 2 aliphatic rings. The summed E-state index contributed by atoms with van der Waals surface area (Å²) in [6.45, 7) is -1.70. The van der Waals surface area contributed by atoms with Gasteiger partial charge in [0.2, 0.25) is 0 Å². The molecule has 0 aromatic rings. The molecule has 8 amide bonds. The maximum atomic E-state index is 12.0. The number of amides is 8. The summed E-state index contributed by atoms with van der Waals surface area (Å²) in [7, 11) is 1.17. The molecule has 0 aliphatic carbocycles. The van der Waals surface area contributed by atoms with Crippen LogP contribution in [0.2, 0.25) is 0 Å². The van der Waals surface area contributed by atoms with Crippen molar-refractivity contribution in [1.82, 2.24) is 30.7 Å².